The highest BCUT2D eigenvalue weighted by Crippen LogP contribution is 2.26. The Morgan fingerprint density at radius 1 is 1.83 bits per heavy atom. The zero-order valence-electron chi connectivity index (χ0n) is 3.39. The van der Waals surface area contributed by atoms with Gasteiger partial charge in [-0.15, -0.1) is 11.8 Å². The van der Waals surface area contributed by atoms with Gasteiger partial charge in [0.25, 0.3) is 0 Å². The molecule has 2 N–H and O–H groups in total. The van der Waals surface area contributed by atoms with E-state index in [0.29, 0.717) is 5.44 Å². The van der Waals surface area contributed by atoms with E-state index in [9.17, 15) is 0 Å². The molecule has 0 aliphatic carbocycles. The van der Waals surface area contributed by atoms with Crippen LogP contribution in [-0.2, 0) is 4.84 Å². The number of hydrogen-bond acceptors (Lipinski definition) is 3. The number of thioether (sulfide) groups is 1. The minimum absolute atomic E-state index is 0.310. The van der Waals surface area contributed by atoms with Crippen LogP contribution in [0.4, 0.5) is 0 Å². The average Bonchev–Trinajstić information content (AvgIpc) is 1.31. The van der Waals surface area contributed by atoms with Gasteiger partial charge in [-0.2, -0.15) is 0 Å². The van der Waals surface area contributed by atoms with E-state index in [0.717, 1.165) is 6.42 Å². The molecule has 0 aromatic heterocycles. The van der Waals surface area contributed by atoms with E-state index in [1.807, 2.05) is 0 Å². The third-order valence-electron chi connectivity index (χ3n) is 0.809. The molecule has 36 valence electrons. The van der Waals surface area contributed by atoms with Gasteiger partial charge in [0.2, 0.25) is 0 Å². The Morgan fingerprint density at radius 3 is 2.50 bits per heavy atom. The smallest absolute Gasteiger partial charge is 0.125 e. The molecule has 1 unspecified atom stereocenters. The second kappa shape index (κ2) is 1.82. The highest BCUT2D eigenvalue weighted by molar-refractivity contribution is 8.01. The lowest BCUT2D eigenvalue weighted by Crippen LogP contribution is -2.22. The molecule has 0 aromatic carbocycles. The zero-order valence-corrected chi connectivity index (χ0v) is 4.20. The molecule has 1 aliphatic heterocycles. The van der Waals surface area contributed by atoms with Gasteiger partial charge in [-0.05, 0) is 12.2 Å². The van der Waals surface area contributed by atoms with Crippen molar-refractivity contribution in [3.63, 3.8) is 0 Å². The van der Waals surface area contributed by atoms with Crippen molar-refractivity contribution in [1.29, 1.82) is 0 Å². The molecule has 0 spiro atoms. The monoisotopic (exact) mass is 105 g/mol. The maximum atomic E-state index is 4.81. The maximum absolute atomic E-state index is 4.81. The fourth-order valence-electron chi connectivity index (χ4n) is 0.321. The first-order chi connectivity index (χ1) is 2.93. The fraction of sp³-hybridized carbons (Fsp3) is 1.00. The van der Waals surface area contributed by atoms with Crippen LogP contribution in [0.2, 0.25) is 0 Å². The van der Waals surface area contributed by atoms with Gasteiger partial charge < -0.3 is 0 Å². The third-order valence-corrected chi connectivity index (χ3v) is 2.00. The minimum atomic E-state index is 0.310. The highest BCUT2D eigenvalue weighted by atomic mass is 32.2. The predicted octanol–water partition coefficient (Wildman–Crippen LogP) is 0.340. The van der Waals surface area contributed by atoms with Crippen LogP contribution in [0.5, 0.6) is 0 Å². The SMILES string of the molecule is NOC1CCS1. The van der Waals surface area contributed by atoms with E-state index in [-0.39, 0.29) is 0 Å². The Kier molecular flexibility index (Phi) is 1.34. The van der Waals surface area contributed by atoms with Crippen molar-refractivity contribution in [3.05, 3.63) is 0 Å². The summed E-state index contributed by atoms with van der Waals surface area (Å²) >= 11 is 1.76. The molecule has 1 fully saturated rings. The van der Waals surface area contributed by atoms with Crippen molar-refractivity contribution in [3.8, 4) is 0 Å². The van der Waals surface area contributed by atoms with Crippen LogP contribution in [0.15, 0.2) is 0 Å². The predicted molar refractivity (Wildman–Crippen MR) is 26.1 cm³/mol. The molecule has 0 saturated carbocycles. The van der Waals surface area contributed by atoms with Gasteiger partial charge >= 0.3 is 0 Å². The molecule has 1 atom stereocenters. The molecule has 1 aliphatic rings. The number of hydrogen-bond donors (Lipinski definition) is 1. The van der Waals surface area contributed by atoms with Crippen LogP contribution >= 0.6 is 11.8 Å². The van der Waals surface area contributed by atoms with Crippen molar-refractivity contribution in [2.24, 2.45) is 5.90 Å². The number of nitrogens with two attached hydrogens (primary N) is 1. The molecule has 1 saturated heterocycles. The Balaban J connectivity index is 2.01. The lowest BCUT2D eigenvalue weighted by atomic mass is 10.5. The van der Waals surface area contributed by atoms with Gasteiger partial charge in [-0.1, -0.05) is 0 Å². The molecule has 6 heavy (non-hydrogen) atoms. The van der Waals surface area contributed by atoms with E-state index < -0.39 is 0 Å². The second-order valence-electron chi connectivity index (χ2n) is 1.23. The standard InChI is InChI=1S/C3H7NOS/c4-5-3-1-2-6-3/h3H,1-2,4H2. The van der Waals surface area contributed by atoms with Crippen molar-refractivity contribution in [2.75, 3.05) is 5.75 Å². The van der Waals surface area contributed by atoms with Crippen molar-refractivity contribution >= 4 is 11.8 Å². The largest absolute Gasteiger partial charge is 0.290 e. The first kappa shape index (κ1) is 4.43. The quantitative estimate of drug-likeness (QED) is 0.488. The van der Waals surface area contributed by atoms with Crippen LogP contribution in [-0.4, -0.2) is 11.2 Å². The van der Waals surface area contributed by atoms with Gasteiger partial charge in [0.1, 0.15) is 5.44 Å². The summed E-state index contributed by atoms with van der Waals surface area (Å²) in [5.41, 5.74) is 0.310. The topological polar surface area (TPSA) is 35.2 Å². The van der Waals surface area contributed by atoms with E-state index in [4.69, 9.17) is 5.90 Å². The summed E-state index contributed by atoms with van der Waals surface area (Å²) in [6.45, 7) is 0. The molecule has 0 bridgehead atoms. The first-order valence-electron chi connectivity index (χ1n) is 1.90. The van der Waals surface area contributed by atoms with Crippen LogP contribution < -0.4 is 5.90 Å². The fourth-order valence-corrected chi connectivity index (χ4v) is 0.828. The minimum Gasteiger partial charge on any atom is -0.290 e. The molecule has 0 radical (unpaired) electrons. The zero-order chi connectivity index (χ0) is 4.41. The molecule has 0 aromatic rings. The van der Waals surface area contributed by atoms with Crippen LogP contribution in [0.25, 0.3) is 0 Å². The first-order valence-corrected chi connectivity index (χ1v) is 2.95. The molecule has 3 heteroatoms. The molecule has 1 rings (SSSR count). The molecule has 0 amide bonds. The van der Waals surface area contributed by atoms with Gasteiger partial charge in [-0.3, -0.25) is 4.84 Å². The van der Waals surface area contributed by atoms with Gasteiger partial charge in [0, 0.05) is 0 Å². The van der Waals surface area contributed by atoms with Gasteiger partial charge in [-0.25, -0.2) is 5.90 Å². The van der Waals surface area contributed by atoms with Crippen molar-refractivity contribution in [2.45, 2.75) is 11.9 Å². The Morgan fingerprint density at radius 2 is 2.50 bits per heavy atom. The lowest BCUT2D eigenvalue weighted by Gasteiger charge is -2.21. The number of rotatable bonds is 1. The Bertz CT molecular complexity index is 43.3. The summed E-state index contributed by atoms with van der Waals surface area (Å²) in [6.07, 6.45) is 1.13. The molecule has 1 heterocycles. The third kappa shape index (κ3) is 0.668. The van der Waals surface area contributed by atoms with Crippen LogP contribution in [0, 0.1) is 0 Å². The lowest BCUT2D eigenvalue weighted by molar-refractivity contribution is 0.105. The summed E-state index contributed by atoms with van der Waals surface area (Å²) in [7, 11) is 0. The van der Waals surface area contributed by atoms with E-state index >= 15 is 0 Å². The maximum Gasteiger partial charge on any atom is 0.125 e. The summed E-state index contributed by atoms with van der Waals surface area (Å²) < 4.78 is 0. The van der Waals surface area contributed by atoms with Gasteiger partial charge in [0.05, 0.1) is 0 Å². The summed E-state index contributed by atoms with van der Waals surface area (Å²) in [6, 6.07) is 0. The summed E-state index contributed by atoms with van der Waals surface area (Å²) in [4.78, 5) is 4.45. The summed E-state index contributed by atoms with van der Waals surface area (Å²) in [5, 5.41) is 0. The second-order valence-corrected chi connectivity index (χ2v) is 2.49. The molecule has 2 nitrogen and oxygen atoms in total. The van der Waals surface area contributed by atoms with Crippen LogP contribution in [0.3, 0.4) is 0 Å². The van der Waals surface area contributed by atoms with E-state index in [1.165, 1.54) is 5.75 Å². The van der Waals surface area contributed by atoms with Crippen LogP contribution in [0.1, 0.15) is 6.42 Å². The van der Waals surface area contributed by atoms with Crippen molar-refractivity contribution < 1.29 is 4.84 Å². The Labute approximate surface area is 41.0 Å². The Hall–Kier alpha value is 0.270. The van der Waals surface area contributed by atoms with E-state index in [2.05, 4.69) is 4.84 Å². The molecular weight excluding hydrogens is 98.1 g/mol. The van der Waals surface area contributed by atoms with Crippen molar-refractivity contribution in [1.82, 2.24) is 0 Å². The normalized spacial score (nSPS) is 32.5. The highest BCUT2D eigenvalue weighted by Gasteiger charge is 2.16. The average molecular weight is 105 g/mol. The van der Waals surface area contributed by atoms with Gasteiger partial charge in [0.15, 0.2) is 0 Å². The van der Waals surface area contributed by atoms with E-state index in [1.54, 1.807) is 11.8 Å². The molecular formula is C3H7NOS. The summed E-state index contributed by atoms with van der Waals surface area (Å²) in [5.74, 6) is 6.02.